The average molecular weight is 416 g/mol. The first kappa shape index (κ1) is 21.6. The van der Waals surface area contributed by atoms with E-state index in [9.17, 15) is 14.4 Å². The monoisotopic (exact) mass is 416 g/mol. The SMILES string of the molecule is COc1ccccc1OCC(=O)NC(=S)NNC(=O)c1ccc(NC(C)=O)cc1. The fourth-order valence-electron chi connectivity index (χ4n) is 2.17. The van der Waals surface area contributed by atoms with Crippen molar-refractivity contribution in [2.75, 3.05) is 19.0 Å². The lowest BCUT2D eigenvalue weighted by Gasteiger charge is -2.12. The molecule has 0 radical (unpaired) electrons. The van der Waals surface area contributed by atoms with Crippen LogP contribution in [0.1, 0.15) is 17.3 Å². The molecular weight excluding hydrogens is 396 g/mol. The number of anilines is 1. The molecule has 3 amide bonds. The zero-order valence-electron chi connectivity index (χ0n) is 15.8. The summed E-state index contributed by atoms with van der Waals surface area (Å²) in [6.45, 7) is 1.10. The number of ether oxygens (including phenoxy) is 2. The molecular formula is C19H20N4O5S. The predicted molar refractivity (Wildman–Crippen MR) is 111 cm³/mol. The van der Waals surface area contributed by atoms with E-state index in [-0.39, 0.29) is 17.6 Å². The van der Waals surface area contributed by atoms with Gasteiger partial charge >= 0.3 is 0 Å². The predicted octanol–water partition coefficient (Wildman–Crippen LogP) is 1.37. The number of benzene rings is 2. The largest absolute Gasteiger partial charge is 0.493 e. The fraction of sp³-hybridized carbons (Fsp3) is 0.158. The molecule has 2 aromatic carbocycles. The lowest BCUT2D eigenvalue weighted by atomic mass is 10.2. The van der Waals surface area contributed by atoms with Gasteiger partial charge in [0.1, 0.15) is 0 Å². The van der Waals surface area contributed by atoms with Gasteiger partial charge in [-0.15, -0.1) is 0 Å². The van der Waals surface area contributed by atoms with Gasteiger partial charge in [-0.25, -0.2) is 0 Å². The van der Waals surface area contributed by atoms with Crippen molar-refractivity contribution in [3.05, 3.63) is 54.1 Å². The van der Waals surface area contributed by atoms with E-state index < -0.39 is 11.8 Å². The van der Waals surface area contributed by atoms with E-state index in [2.05, 4.69) is 21.5 Å². The summed E-state index contributed by atoms with van der Waals surface area (Å²) in [5, 5.41) is 4.88. The van der Waals surface area contributed by atoms with E-state index in [0.29, 0.717) is 22.7 Å². The molecule has 2 aromatic rings. The second-order valence-electron chi connectivity index (χ2n) is 5.65. The van der Waals surface area contributed by atoms with Gasteiger partial charge in [-0.05, 0) is 48.6 Å². The number of nitrogens with one attached hydrogen (secondary N) is 4. The third kappa shape index (κ3) is 7.11. The van der Waals surface area contributed by atoms with Gasteiger partial charge in [0.05, 0.1) is 7.11 Å². The van der Waals surface area contributed by atoms with E-state index in [4.69, 9.17) is 21.7 Å². The van der Waals surface area contributed by atoms with Crippen molar-refractivity contribution in [2.24, 2.45) is 0 Å². The Morgan fingerprint density at radius 2 is 1.62 bits per heavy atom. The molecule has 0 bridgehead atoms. The molecule has 0 atom stereocenters. The smallest absolute Gasteiger partial charge is 0.269 e. The zero-order valence-corrected chi connectivity index (χ0v) is 16.6. The van der Waals surface area contributed by atoms with Crippen molar-refractivity contribution in [1.82, 2.24) is 16.2 Å². The number of carbonyl (C=O) groups excluding carboxylic acids is 3. The molecule has 0 unspecified atom stereocenters. The van der Waals surface area contributed by atoms with Crippen molar-refractivity contribution in [2.45, 2.75) is 6.92 Å². The van der Waals surface area contributed by atoms with Crippen molar-refractivity contribution < 1.29 is 23.9 Å². The minimum Gasteiger partial charge on any atom is -0.493 e. The highest BCUT2D eigenvalue weighted by Crippen LogP contribution is 2.25. The number of methoxy groups -OCH3 is 1. The van der Waals surface area contributed by atoms with Crippen molar-refractivity contribution >= 4 is 40.7 Å². The summed E-state index contributed by atoms with van der Waals surface area (Å²) in [7, 11) is 1.50. The first-order valence-corrected chi connectivity index (χ1v) is 8.83. The minimum absolute atomic E-state index is 0.0955. The van der Waals surface area contributed by atoms with Crippen LogP contribution in [0.4, 0.5) is 5.69 Å². The molecule has 0 fully saturated rings. The molecule has 0 heterocycles. The van der Waals surface area contributed by atoms with Crippen LogP contribution < -0.4 is 31.0 Å². The van der Waals surface area contributed by atoms with E-state index in [1.165, 1.54) is 26.2 Å². The van der Waals surface area contributed by atoms with Crippen LogP contribution in [0.15, 0.2) is 48.5 Å². The summed E-state index contributed by atoms with van der Waals surface area (Å²) in [6, 6.07) is 13.1. The Balaban J connectivity index is 1.76. The van der Waals surface area contributed by atoms with Crippen LogP contribution in [0.2, 0.25) is 0 Å². The minimum atomic E-state index is -0.512. The van der Waals surface area contributed by atoms with E-state index in [1.807, 2.05) is 0 Å². The fourth-order valence-corrected chi connectivity index (χ4v) is 2.33. The van der Waals surface area contributed by atoms with E-state index in [0.717, 1.165) is 0 Å². The Kier molecular flexibility index (Phi) is 7.92. The van der Waals surface area contributed by atoms with Crippen molar-refractivity contribution in [3.8, 4) is 11.5 Å². The Hall–Kier alpha value is -3.66. The topological polar surface area (TPSA) is 118 Å². The first-order chi connectivity index (χ1) is 13.9. The summed E-state index contributed by atoms with van der Waals surface area (Å²) in [4.78, 5) is 35.0. The molecule has 0 saturated heterocycles. The third-order valence-corrected chi connectivity index (χ3v) is 3.64. The normalized spacial score (nSPS) is 9.72. The van der Waals surface area contributed by atoms with Gasteiger partial charge in [0.15, 0.2) is 23.2 Å². The highest BCUT2D eigenvalue weighted by Gasteiger charge is 2.10. The Morgan fingerprint density at radius 3 is 2.24 bits per heavy atom. The molecule has 29 heavy (non-hydrogen) atoms. The number of rotatable bonds is 6. The molecule has 0 spiro atoms. The molecule has 9 nitrogen and oxygen atoms in total. The van der Waals surface area contributed by atoms with Gasteiger partial charge in [-0.3, -0.25) is 30.6 Å². The number of carbonyl (C=O) groups is 3. The number of hydrogen-bond donors (Lipinski definition) is 4. The number of hydrazine groups is 1. The highest BCUT2D eigenvalue weighted by atomic mass is 32.1. The average Bonchev–Trinajstić information content (AvgIpc) is 2.70. The van der Waals surface area contributed by atoms with Crippen LogP contribution in [0.3, 0.4) is 0 Å². The summed E-state index contributed by atoms with van der Waals surface area (Å²) < 4.78 is 10.5. The molecule has 0 aliphatic carbocycles. The maximum absolute atomic E-state index is 12.1. The molecule has 0 aliphatic rings. The van der Waals surface area contributed by atoms with Crippen LogP contribution in [0.5, 0.6) is 11.5 Å². The lowest BCUT2D eigenvalue weighted by molar-refractivity contribution is -0.121. The van der Waals surface area contributed by atoms with Crippen molar-refractivity contribution in [3.63, 3.8) is 0 Å². The maximum Gasteiger partial charge on any atom is 0.269 e. The van der Waals surface area contributed by atoms with Crippen LogP contribution in [-0.4, -0.2) is 36.6 Å². The molecule has 0 aliphatic heterocycles. The molecule has 10 heteroatoms. The lowest BCUT2D eigenvalue weighted by Crippen LogP contribution is -2.49. The number of thiocarbonyl (C=S) groups is 1. The number of hydrogen-bond acceptors (Lipinski definition) is 6. The van der Waals surface area contributed by atoms with Gasteiger partial charge in [0, 0.05) is 18.2 Å². The summed E-state index contributed by atoms with van der Waals surface area (Å²) in [5.74, 6) is -0.277. The second-order valence-corrected chi connectivity index (χ2v) is 6.06. The van der Waals surface area contributed by atoms with Crippen LogP contribution in [0.25, 0.3) is 0 Å². The van der Waals surface area contributed by atoms with Gasteiger partial charge in [-0.1, -0.05) is 12.1 Å². The van der Waals surface area contributed by atoms with E-state index in [1.54, 1.807) is 36.4 Å². The number of amides is 3. The zero-order chi connectivity index (χ0) is 21.2. The van der Waals surface area contributed by atoms with E-state index >= 15 is 0 Å². The Bertz CT molecular complexity index is 902. The summed E-state index contributed by atoms with van der Waals surface area (Å²) in [6.07, 6.45) is 0. The molecule has 152 valence electrons. The second kappa shape index (κ2) is 10.6. The highest BCUT2D eigenvalue weighted by molar-refractivity contribution is 7.80. The first-order valence-electron chi connectivity index (χ1n) is 8.42. The summed E-state index contributed by atoms with van der Waals surface area (Å²) >= 11 is 4.96. The molecule has 0 saturated carbocycles. The Morgan fingerprint density at radius 1 is 0.966 bits per heavy atom. The molecule has 0 aromatic heterocycles. The van der Waals surface area contributed by atoms with Crippen molar-refractivity contribution in [1.29, 1.82) is 0 Å². The Labute approximate surface area is 172 Å². The van der Waals surface area contributed by atoms with Crippen LogP contribution in [0, 0.1) is 0 Å². The maximum atomic E-state index is 12.1. The third-order valence-electron chi connectivity index (χ3n) is 3.44. The quantitative estimate of drug-likeness (QED) is 0.415. The van der Waals surface area contributed by atoms with Gasteiger partial charge in [0.2, 0.25) is 5.91 Å². The summed E-state index contributed by atoms with van der Waals surface area (Å²) in [5.41, 5.74) is 5.70. The van der Waals surface area contributed by atoms with Crippen LogP contribution in [-0.2, 0) is 9.59 Å². The number of para-hydroxylation sites is 2. The standard InChI is InChI=1S/C19H20N4O5S/c1-12(24)20-14-9-7-13(8-10-14)18(26)22-23-19(29)21-17(25)11-28-16-6-4-3-5-15(16)27-2/h3-10H,11H2,1-2H3,(H,20,24)(H,22,26)(H2,21,23,25,29). The van der Waals surface area contributed by atoms with Gasteiger partial charge in [0.25, 0.3) is 11.8 Å². The molecule has 4 N–H and O–H groups in total. The van der Waals surface area contributed by atoms with Gasteiger partial charge in [-0.2, -0.15) is 0 Å². The molecule has 2 rings (SSSR count). The van der Waals surface area contributed by atoms with Gasteiger partial charge < -0.3 is 14.8 Å². The van der Waals surface area contributed by atoms with Crippen LogP contribution >= 0.6 is 12.2 Å².